The zero-order valence-electron chi connectivity index (χ0n) is 12.4. The maximum atomic E-state index is 8.85. The molecule has 2 aromatic rings. The highest BCUT2D eigenvalue weighted by molar-refractivity contribution is 5.46. The number of nitrogens with zero attached hydrogens (tertiary/aromatic N) is 2. The van der Waals surface area contributed by atoms with E-state index < -0.39 is 0 Å². The van der Waals surface area contributed by atoms with Crippen molar-refractivity contribution in [2.45, 2.75) is 26.4 Å². The van der Waals surface area contributed by atoms with E-state index in [1.54, 1.807) is 0 Å². The zero-order chi connectivity index (χ0) is 15.1. The fourth-order valence-electron chi connectivity index (χ4n) is 2.39. The molecule has 0 aliphatic heterocycles. The molecule has 3 nitrogen and oxygen atoms in total. The van der Waals surface area contributed by atoms with E-state index in [0.29, 0.717) is 5.56 Å². The van der Waals surface area contributed by atoms with Gasteiger partial charge >= 0.3 is 0 Å². The maximum absolute atomic E-state index is 8.85. The lowest BCUT2D eigenvalue weighted by molar-refractivity contribution is 0.258. The van der Waals surface area contributed by atoms with E-state index in [1.165, 1.54) is 11.1 Å². The van der Waals surface area contributed by atoms with Gasteiger partial charge < -0.3 is 5.73 Å². The maximum Gasteiger partial charge on any atom is 0.0991 e. The van der Waals surface area contributed by atoms with Crippen LogP contribution in [-0.4, -0.2) is 11.4 Å². The number of hydrogen-bond acceptors (Lipinski definition) is 3. The predicted octanol–water partition coefficient (Wildman–Crippen LogP) is 3.55. The summed E-state index contributed by atoms with van der Waals surface area (Å²) in [5.74, 6) is 0. The Morgan fingerprint density at radius 2 is 1.76 bits per heavy atom. The highest BCUT2D eigenvalue weighted by Crippen LogP contribution is 2.16. The molecule has 21 heavy (non-hydrogen) atoms. The Balaban J connectivity index is 2.08. The van der Waals surface area contributed by atoms with E-state index in [4.69, 9.17) is 11.0 Å². The first-order valence-corrected chi connectivity index (χ1v) is 7.27. The van der Waals surface area contributed by atoms with Gasteiger partial charge in [-0.3, -0.25) is 4.90 Å². The quantitative estimate of drug-likeness (QED) is 0.823. The molecular formula is C18H21N3. The van der Waals surface area contributed by atoms with Crippen LogP contribution >= 0.6 is 0 Å². The van der Waals surface area contributed by atoms with E-state index >= 15 is 0 Å². The molecule has 0 heterocycles. The molecule has 0 aliphatic rings. The third-order valence-electron chi connectivity index (χ3n) is 3.48. The van der Waals surface area contributed by atoms with Crippen LogP contribution in [0.4, 0.5) is 5.69 Å². The second-order valence-electron chi connectivity index (χ2n) is 5.22. The average Bonchev–Trinajstić information content (AvgIpc) is 2.50. The standard InChI is InChI=1S/C18H21N3/c1-2-11-21(14-17-5-3-4-6-18(17)20)13-16-9-7-15(12-19)8-10-16/h3-10H,2,11,13-14,20H2,1H3. The van der Waals surface area contributed by atoms with Crippen molar-refractivity contribution in [3.05, 3.63) is 65.2 Å². The van der Waals surface area contributed by atoms with Gasteiger partial charge in [0.1, 0.15) is 0 Å². The average molecular weight is 279 g/mol. The monoisotopic (exact) mass is 279 g/mol. The van der Waals surface area contributed by atoms with Gasteiger partial charge in [0.05, 0.1) is 11.6 Å². The summed E-state index contributed by atoms with van der Waals surface area (Å²) in [6.07, 6.45) is 1.10. The Morgan fingerprint density at radius 1 is 1.05 bits per heavy atom. The first-order valence-electron chi connectivity index (χ1n) is 7.27. The lowest BCUT2D eigenvalue weighted by atomic mass is 10.1. The van der Waals surface area contributed by atoms with Gasteiger partial charge in [0.2, 0.25) is 0 Å². The lowest BCUT2D eigenvalue weighted by Crippen LogP contribution is -2.24. The van der Waals surface area contributed by atoms with Crippen molar-refractivity contribution in [1.29, 1.82) is 5.26 Å². The number of anilines is 1. The summed E-state index contributed by atoms with van der Waals surface area (Å²) in [5, 5.41) is 8.85. The van der Waals surface area contributed by atoms with Crippen LogP contribution in [0.3, 0.4) is 0 Å². The number of hydrogen-bond donors (Lipinski definition) is 1. The molecule has 0 spiro atoms. The number of para-hydroxylation sites is 1. The molecule has 0 aliphatic carbocycles. The minimum atomic E-state index is 0.702. The summed E-state index contributed by atoms with van der Waals surface area (Å²) in [5.41, 5.74) is 9.97. The van der Waals surface area contributed by atoms with Gasteiger partial charge in [0, 0.05) is 18.8 Å². The second-order valence-corrected chi connectivity index (χ2v) is 5.22. The molecule has 2 rings (SSSR count). The van der Waals surface area contributed by atoms with Gasteiger partial charge in [-0.05, 0) is 42.3 Å². The summed E-state index contributed by atoms with van der Waals surface area (Å²) in [7, 11) is 0. The second kappa shape index (κ2) is 7.47. The normalized spacial score (nSPS) is 10.5. The van der Waals surface area contributed by atoms with Crippen LogP contribution in [0.15, 0.2) is 48.5 Å². The fraction of sp³-hybridized carbons (Fsp3) is 0.278. The summed E-state index contributed by atoms with van der Waals surface area (Å²) in [6.45, 7) is 4.92. The van der Waals surface area contributed by atoms with Crippen LogP contribution in [-0.2, 0) is 13.1 Å². The highest BCUT2D eigenvalue weighted by Gasteiger charge is 2.08. The molecule has 3 heteroatoms. The molecule has 0 unspecified atom stereocenters. The smallest absolute Gasteiger partial charge is 0.0991 e. The third kappa shape index (κ3) is 4.34. The van der Waals surface area contributed by atoms with Crippen LogP contribution < -0.4 is 5.73 Å². The molecule has 2 aromatic carbocycles. The molecular weight excluding hydrogens is 258 g/mol. The molecule has 0 saturated heterocycles. The largest absolute Gasteiger partial charge is 0.398 e. The van der Waals surface area contributed by atoms with E-state index in [0.717, 1.165) is 31.7 Å². The Bertz CT molecular complexity index is 611. The van der Waals surface area contributed by atoms with Crippen LogP contribution in [0.5, 0.6) is 0 Å². The van der Waals surface area contributed by atoms with Gasteiger partial charge in [-0.2, -0.15) is 5.26 Å². The van der Waals surface area contributed by atoms with Crippen LogP contribution in [0, 0.1) is 11.3 Å². The van der Waals surface area contributed by atoms with Crippen molar-refractivity contribution >= 4 is 5.69 Å². The van der Waals surface area contributed by atoms with Crippen molar-refractivity contribution in [1.82, 2.24) is 4.90 Å². The summed E-state index contributed by atoms with van der Waals surface area (Å²) < 4.78 is 0. The fourth-order valence-corrected chi connectivity index (χ4v) is 2.39. The molecule has 0 radical (unpaired) electrons. The topological polar surface area (TPSA) is 53.0 Å². The minimum Gasteiger partial charge on any atom is -0.398 e. The lowest BCUT2D eigenvalue weighted by Gasteiger charge is -2.22. The summed E-state index contributed by atoms with van der Waals surface area (Å²) >= 11 is 0. The number of nitrogen functional groups attached to an aromatic ring is 1. The van der Waals surface area contributed by atoms with E-state index in [1.807, 2.05) is 42.5 Å². The summed E-state index contributed by atoms with van der Waals surface area (Å²) in [4.78, 5) is 2.38. The first-order chi connectivity index (χ1) is 10.2. The molecule has 0 bridgehead atoms. The van der Waals surface area contributed by atoms with Gasteiger partial charge in [-0.25, -0.2) is 0 Å². The first kappa shape index (κ1) is 15.1. The van der Waals surface area contributed by atoms with Gasteiger partial charge in [-0.1, -0.05) is 37.3 Å². The molecule has 0 amide bonds. The van der Waals surface area contributed by atoms with Crippen molar-refractivity contribution in [3.63, 3.8) is 0 Å². The molecule has 0 aromatic heterocycles. The Kier molecular flexibility index (Phi) is 5.36. The van der Waals surface area contributed by atoms with Crippen LogP contribution in [0.1, 0.15) is 30.0 Å². The molecule has 0 fully saturated rings. The predicted molar refractivity (Wildman–Crippen MR) is 86.4 cm³/mol. The third-order valence-corrected chi connectivity index (χ3v) is 3.48. The van der Waals surface area contributed by atoms with Crippen molar-refractivity contribution in [2.24, 2.45) is 0 Å². The van der Waals surface area contributed by atoms with Gasteiger partial charge in [0.25, 0.3) is 0 Å². The Hall–Kier alpha value is -2.31. The number of rotatable bonds is 6. The Morgan fingerprint density at radius 3 is 2.38 bits per heavy atom. The van der Waals surface area contributed by atoms with Crippen LogP contribution in [0.2, 0.25) is 0 Å². The number of nitriles is 1. The molecule has 0 atom stereocenters. The Labute approximate surface area is 126 Å². The van der Waals surface area contributed by atoms with Crippen molar-refractivity contribution in [3.8, 4) is 6.07 Å². The molecule has 2 N–H and O–H groups in total. The van der Waals surface area contributed by atoms with Gasteiger partial charge in [0.15, 0.2) is 0 Å². The molecule has 0 saturated carbocycles. The number of benzene rings is 2. The zero-order valence-corrected chi connectivity index (χ0v) is 12.4. The van der Waals surface area contributed by atoms with Crippen LogP contribution in [0.25, 0.3) is 0 Å². The van der Waals surface area contributed by atoms with Crippen molar-refractivity contribution in [2.75, 3.05) is 12.3 Å². The van der Waals surface area contributed by atoms with Gasteiger partial charge in [-0.15, -0.1) is 0 Å². The van der Waals surface area contributed by atoms with E-state index in [2.05, 4.69) is 24.0 Å². The van der Waals surface area contributed by atoms with Crippen molar-refractivity contribution < 1.29 is 0 Å². The SMILES string of the molecule is CCCN(Cc1ccc(C#N)cc1)Cc1ccccc1N. The number of nitrogens with two attached hydrogens (primary N) is 1. The minimum absolute atomic E-state index is 0.702. The highest BCUT2D eigenvalue weighted by atomic mass is 15.1. The van der Waals surface area contributed by atoms with E-state index in [9.17, 15) is 0 Å². The van der Waals surface area contributed by atoms with E-state index in [-0.39, 0.29) is 0 Å². The molecule has 108 valence electrons. The summed E-state index contributed by atoms with van der Waals surface area (Å²) in [6, 6.07) is 18.0.